The van der Waals surface area contributed by atoms with Crippen LogP contribution in [0.15, 0.2) is 48.5 Å². The third kappa shape index (κ3) is 5.30. The van der Waals surface area contributed by atoms with Crippen molar-refractivity contribution in [3.05, 3.63) is 59.7 Å². The topological polar surface area (TPSA) is 47.6 Å². The molecule has 2 aromatic rings. The summed E-state index contributed by atoms with van der Waals surface area (Å²) in [7, 11) is 0. The average molecular weight is 327 g/mol. The van der Waals surface area contributed by atoms with Crippen molar-refractivity contribution in [1.29, 1.82) is 0 Å². The molecular formula is C20H25NO3. The maximum Gasteiger partial charge on any atom is 0.261 e. The van der Waals surface area contributed by atoms with E-state index >= 15 is 0 Å². The Bertz CT molecular complexity index is 652. The number of carbonyl (C=O) groups excluding carboxylic acids is 1. The third-order valence-corrected chi connectivity index (χ3v) is 3.64. The summed E-state index contributed by atoms with van der Waals surface area (Å²) in [4.78, 5) is 12.4. The molecule has 0 heterocycles. The van der Waals surface area contributed by atoms with Crippen LogP contribution >= 0.6 is 0 Å². The van der Waals surface area contributed by atoms with Gasteiger partial charge in [-0.05, 0) is 50.1 Å². The molecule has 0 unspecified atom stereocenters. The Morgan fingerprint density at radius 2 is 1.83 bits per heavy atom. The van der Waals surface area contributed by atoms with E-state index in [-0.39, 0.29) is 5.91 Å². The van der Waals surface area contributed by atoms with Gasteiger partial charge in [0.15, 0.2) is 6.10 Å². The van der Waals surface area contributed by atoms with Crippen LogP contribution in [0.3, 0.4) is 0 Å². The Balaban J connectivity index is 1.91. The summed E-state index contributed by atoms with van der Waals surface area (Å²) in [5.74, 6) is 1.41. The molecule has 0 fully saturated rings. The third-order valence-electron chi connectivity index (χ3n) is 3.64. The molecule has 0 aliphatic carbocycles. The first-order valence-electron chi connectivity index (χ1n) is 8.35. The average Bonchev–Trinajstić information content (AvgIpc) is 2.60. The second-order valence-corrected chi connectivity index (χ2v) is 5.63. The van der Waals surface area contributed by atoms with Gasteiger partial charge in [-0.25, -0.2) is 0 Å². The number of hydrogen-bond acceptors (Lipinski definition) is 3. The van der Waals surface area contributed by atoms with Gasteiger partial charge in [-0.3, -0.25) is 4.79 Å². The SMILES string of the molecule is CCOc1cccc(CNC(=O)[C@@H](CC)Oc2ccc(C)cc2)c1. The lowest BCUT2D eigenvalue weighted by Crippen LogP contribution is -2.37. The van der Waals surface area contributed by atoms with Gasteiger partial charge in [-0.1, -0.05) is 36.8 Å². The molecule has 0 aliphatic heterocycles. The van der Waals surface area contributed by atoms with Crippen LogP contribution in [0, 0.1) is 6.92 Å². The second-order valence-electron chi connectivity index (χ2n) is 5.63. The normalized spacial score (nSPS) is 11.6. The van der Waals surface area contributed by atoms with Gasteiger partial charge in [0.2, 0.25) is 0 Å². The van der Waals surface area contributed by atoms with Crippen molar-refractivity contribution in [2.75, 3.05) is 6.61 Å². The van der Waals surface area contributed by atoms with E-state index in [0.29, 0.717) is 25.3 Å². The minimum Gasteiger partial charge on any atom is -0.494 e. The lowest BCUT2D eigenvalue weighted by atomic mass is 10.2. The monoisotopic (exact) mass is 327 g/mol. The predicted octanol–water partition coefficient (Wildman–Crippen LogP) is 3.87. The smallest absolute Gasteiger partial charge is 0.261 e. The number of benzene rings is 2. The summed E-state index contributed by atoms with van der Waals surface area (Å²) in [6.07, 6.45) is 0.112. The molecule has 24 heavy (non-hydrogen) atoms. The second kappa shape index (κ2) is 8.96. The quantitative estimate of drug-likeness (QED) is 0.801. The molecular weight excluding hydrogens is 302 g/mol. The fraction of sp³-hybridized carbons (Fsp3) is 0.350. The van der Waals surface area contributed by atoms with Crippen LogP contribution in [-0.2, 0) is 11.3 Å². The number of aryl methyl sites for hydroxylation is 1. The van der Waals surface area contributed by atoms with Crippen LogP contribution in [0.1, 0.15) is 31.4 Å². The predicted molar refractivity (Wildman–Crippen MR) is 95.3 cm³/mol. The number of carbonyl (C=O) groups is 1. The largest absolute Gasteiger partial charge is 0.494 e. The zero-order valence-electron chi connectivity index (χ0n) is 14.5. The lowest BCUT2D eigenvalue weighted by Gasteiger charge is -2.17. The fourth-order valence-corrected chi connectivity index (χ4v) is 2.32. The first-order chi connectivity index (χ1) is 11.6. The zero-order chi connectivity index (χ0) is 17.4. The summed E-state index contributed by atoms with van der Waals surface area (Å²) in [6, 6.07) is 15.4. The molecule has 0 aliphatic rings. The molecule has 1 atom stereocenters. The molecule has 0 saturated heterocycles. The number of rotatable bonds is 8. The molecule has 128 valence electrons. The van der Waals surface area contributed by atoms with E-state index in [4.69, 9.17) is 9.47 Å². The Labute approximate surface area is 143 Å². The van der Waals surface area contributed by atoms with E-state index in [1.54, 1.807) is 0 Å². The molecule has 0 bridgehead atoms. The Morgan fingerprint density at radius 3 is 2.50 bits per heavy atom. The van der Waals surface area contributed by atoms with Crippen LogP contribution < -0.4 is 14.8 Å². The van der Waals surface area contributed by atoms with Gasteiger partial charge >= 0.3 is 0 Å². The number of nitrogens with one attached hydrogen (secondary N) is 1. The molecule has 0 spiro atoms. The molecule has 0 saturated carbocycles. The first kappa shape index (κ1) is 17.9. The summed E-state index contributed by atoms with van der Waals surface area (Å²) < 4.78 is 11.3. The van der Waals surface area contributed by atoms with E-state index in [1.807, 2.05) is 69.3 Å². The van der Waals surface area contributed by atoms with Crippen molar-refractivity contribution in [3.63, 3.8) is 0 Å². The molecule has 0 radical (unpaired) electrons. The van der Waals surface area contributed by atoms with Crippen LogP contribution in [0.4, 0.5) is 0 Å². The fourth-order valence-electron chi connectivity index (χ4n) is 2.32. The van der Waals surface area contributed by atoms with Gasteiger partial charge < -0.3 is 14.8 Å². The van der Waals surface area contributed by atoms with Crippen molar-refractivity contribution in [2.45, 2.75) is 39.8 Å². The van der Waals surface area contributed by atoms with E-state index in [9.17, 15) is 4.79 Å². The number of amides is 1. The summed E-state index contributed by atoms with van der Waals surface area (Å²) in [5, 5.41) is 2.93. The van der Waals surface area contributed by atoms with E-state index in [0.717, 1.165) is 16.9 Å². The minimum atomic E-state index is -0.497. The molecule has 2 aromatic carbocycles. The Hall–Kier alpha value is -2.49. The van der Waals surface area contributed by atoms with Crippen LogP contribution in [0.2, 0.25) is 0 Å². The standard InChI is InChI=1S/C20H25NO3/c1-4-19(24-17-11-9-15(3)10-12-17)20(22)21-14-16-7-6-8-18(13-16)23-5-2/h6-13,19H,4-5,14H2,1-3H3,(H,21,22)/t19-/m1/s1. The molecule has 4 heteroatoms. The Morgan fingerprint density at radius 1 is 1.08 bits per heavy atom. The van der Waals surface area contributed by atoms with Crippen molar-refractivity contribution in [2.24, 2.45) is 0 Å². The minimum absolute atomic E-state index is 0.111. The van der Waals surface area contributed by atoms with E-state index < -0.39 is 6.10 Å². The van der Waals surface area contributed by atoms with E-state index in [2.05, 4.69) is 5.32 Å². The molecule has 0 aromatic heterocycles. The number of hydrogen-bond donors (Lipinski definition) is 1. The van der Waals surface area contributed by atoms with Gasteiger partial charge in [-0.2, -0.15) is 0 Å². The van der Waals surface area contributed by atoms with Crippen molar-refractivity contribution in [1.82, 2.24) is 5.32 Å². The van der Waals surface area contributed by atoms with Crippen LogP contribution in [0.5, 0.6) is 11.5 Å². The maximum atomic E-state index is 12.4. The van der Waals surface area contributed by atoms with Crippen LogP contribution in [-0.4, -0.2) is 18.6 Å². The van der Waals surface area contributed by atoms with Crippen molar-refractivity contribution >= 4 is 5.91 Å². The first-order valence-corrected chi connectivity index (χ1v) is 8.35. The summed E-state index contributed by atoms with van der Waals surface area (Å²) in [6.45, 7) is 6.98. The summed E-state index contributed by atoms with van der Waals surface area (Å²) >= 11 is 0. The highest BCUT2D eigenvalue weighted by atomic mass is 16.5. The van der Waals surface area contributed by atoms with Crippen LogP contribution in [0.25, 0.3) is 0 Å². The number of ether oxygens (including phenoxy) is 2. The molecule has 1 N–H and O–H groups in total. The van der Waals surface area contributed by atoms with Crippen molar-refractivity contribution in [3.8, 4) is 11.5 Å². The highest BCUT2D eigenvalue weighted by Crippen LogP contribution is 2.16. The lowest BCUT2D eigenvalue weighted by molar-refractivity contribution is -0.128. The highest BCUT2D eigenvalue weighted by Gasteiger charge is 2.18. The van der Waals surface area contributed by atoms with Gasteiger partial charge in [0, 0.05) is 6.54 Å². The van der Waals surface area contributed by atoms with Crippen molar-refractivity contribution < 1.29 is 14.3 Å². The molecule has 2 rings (SSSR count). The van der Waals surface area contributed by atoms with E-state index in [1.165, 1.54) is 0 Å². The molecule has 1 amide bonds. The van der Waals surface area contributed by atoms with Gasteiger partial charge in [0.05, 0.1) is 6.61 Å². The van der Waals surface area contributed by atoms with Gasteiger partial charge in [-0.15, -0.1) is 0 Å². The summed E-state index contributed by atoms with van der Waals surface area (Å²) in [5.41, 5.74) is 2.16. The zero-order valence-corrected chi connectivity index (χ0v) is 14.5. The Kier molecular flexibility index (Phi) is 6.67. The van der Waals surface area contributed by atoms with Gasteiger partial charge in [0.1, 0.15) is 11.5 Å². The molecule has 4 nitrogen and oxygen atoms in total. The van der Waals surface area contributed by atoms with Gasteiger partial charge in [0.25, 0.3) is 5.91 Å². The highest BCUT2D eigenvalue weighted by molar-refractivity contribution is 5.81. The maximum absolute atomic E-state index is 12.4.